The first-order valence-electron chi connectivity index (χ1n) is 9.69. The van der Waals surface area contributed by atoms with Crippen molar-refractivity contribution < 1.29 is 4.79 Å². The van der Waals surface area contributed by atoms with Gasteiger partial charge in [0.2, 0.25) is 5.91 Å². The average molecular weight is 376 g/mol. The number of H-pyrrole nitrogens is 1. The van der Waals surface area contributed by atoms with Crippen LogP contribution < -0.4 is 5.56 Å². The van der Waals surface area contributed by atoms with Crippen LogP contribution in [0.25, 0.3) is 10.8 Å². The van der Waals surface area contributed by atoms with E-state index in [2.05, 4.69) is 14.9 Å². The number of aromatic nitrogens is 2. The Balaban J connectivity index is 1.31. The molecule has 1 amide bonds. The molecule has 0 bridgehead atoms. The summed E-state index contributed by atoms with van der Waals surface area (Å²) in [6.45, 7) is 4.21. The lowest BCUT2D eigenvalue weighted by Crippen LogP contribution is -2.49. The molecule has 1 aromatic carbocycles. The van der Waals surface area contributed by atoms with Crippen molar-refractivity contribution in [2.75, 3.05) is 32.7 Å². The third-order valence-corrected chi connectivity index (χ3v) is 5.34. The molecule has 6 heteroatoms. The van der Waals surface area contributed by atoms with E-state index in [1.807, 2.05) is 53.7 Å². The molecule has 0 radical (unpaired) electrons. The van der Waals surface area contributed by atoms with Gasteiger partial charge in [-0.3, -0.25) is 19.5 Å². The topological polar surface area (TPSA) is 69.3 Å². The Morgan fingerprint density at radius 3 is 2.57 bits per heavy atom. The van der Waals surface area contributed by atoms with Gasteiger partial charge < -0.3 is 9.88 Å². The lowest BCUT2D eigenvalue weighted by atomic mass is 10.1. The highest BCUT2D eigenvalue weighted by molar-refractivity contribution is 5.84. The first-order chi connectivity index (χ1) is 13.7. The summed E-state index contributed by atoms with van der Waals surface area (Å²) in [6.07, 6.45) is 4.87. The van der Waals surface area contributed by atoms with E-state index >= 15 is 0 Å². The van der Waals surface area contributed by atoms with Crippen LogP contribution in [-0.2, 0) is 17.6 Å². The molecule has 0 spiro atoms. The van der Waals surface area contributed by atoms with E-state index < -0.39 is 0 Å². The zero-order chi connectivity index (χ0) is 19.3. The molecule has 1 aliphatic heterocycles. The summed E-state index contributed by atoms with van der Waals surface area (Å²) in [6, 6.07) is 13.4. The normalized spacial score (nSPS) is 15.1. The number of hydrogen-bond donors (Lipinski definition) is 1. The van der Waals surface area contributed by atoms with Crippen molar-refractivity contribution in [2.24, 2.45) is 0 Å². The van der Waals surface area contributed by atoms with Crippen LogP contribution in [-0.4, -0.2) is 58.4 Å². The Hall–Kier alpha value is -2.99. The number of nitrogens with zero attached hydrogens (tertiary/aromatic N) is 3. The summed E-state index contributed by atoms with van der Waals surface area (Å²) < 4.78 is 0. The molecular weight excluding hydrogens is 352 g/mol. The summed E-state index contributed by atoms with van der Waals surface area (Å²) in [5.41, 5.74) is 1.82. The molecule has 0 aliphatic carbocycles. The van der Waals surface area contributed by atoms with Gasteiger partial charge in [0.25, 0.3) is 5.56 Å². The van der Waals surface area contributed by atoms with Gasteiger partial charge in [-0.2, -0.15) is 0 Å². The largest absolute Gasteiger partial charge is 0.340 e. The number of piperazine rings is 1. The third kappa shape index (κ3) is 4.28. The molecule has 144 valence electrons. The second kappa shape index (κ2) is 8.35. The first kappa shape index (κ1) is 18.4. The summed E-state index contributed by atoms with van der Waals surface area (Å²) >= 11 is 0. The van der Waals surface area contributed by atoms with Gasteiger partial charge in [-0.1, -0.05) is 18.2 Å². The predicted molar refractivity (Wildman–Crippen MR) is 109 cm³/mol. The van der Waals surface area contributed by atoms with Crippen LogP contribution in [0.2, 0.25) is 0 Å². The Labute approximate surface area is 163 Å². The minimum Gasteiger partial charge on any atom is -0.340 e. The molecule has 3 aromatic rings. The van der Waals surface area contributed by atoms with Gasteiger partial charge in [0, 0.05) is 56.2 Å². The number of hydrogen-bond acceptors (Lipinski definition) is 4. The number of amides is 1. The molecule has 0 unspecified atom stereocenters. The molecule has 1 aliphatic rings. The zero-order valence-corrected chi connectivity index (χ0v) is 15.8. The van der Waals surface area contributed by atoms with Crippen LogP contribution in [0.15, 0.2) is 59.7 Å². The van der Waals surface area contributed by atoms with Crippen molar-refractivity contribution >= 4 is 16.7 Å². The van der Waals surface area contributed by atoms with E-state index in [0.29, 0.717) is 11.1 Å². The number of pyridine rings is 2. The quantitative estimate of drug-likeness (QED) is 0.738. The highest BCUT2D eigenvalue weighted by Gasteiger charge is 2.21. The maximum absolute atomic E-state index is 12.7. The van der Waals surface area contributed by atoms with E-state index in [1.54, 1.807) is 6.07 Å². The van der Waals surface area contributed by atoms with Crippen LogP contribution >= 0.6 is 0 Å². The van der Waals surface area contributed by atoms with Crippen LogP contribution in [0, 0.1) is 0 Å². The molecule has 1 saturated heterocycles. The first-order valence-corrected chi connectivity index (χ1v) is 9.69. The SMILES string of the molecule is O=C(Cc1cc2ccccc2c(=O)[nH]1)N1CCN(CCc2ccncc2)CC1. The summed E-state index contributed by atoms with van der Waals surface area (Å²) in [5, 5.41) is 1.52. The summed E-state index contributed by atoms with van der Waals surface area (Å²) in [7, 11) is 0. The number of benzene rings is 1. The lowest BCUT2D eigenvalue weighted by molar-refractivity contribution is -0.132. The third-order valence-electron chi connectivity index (χ3n) is 5.34. The summed E-state index contributed by atoms with van der Waals surface area (Å²) in [5.74, 6) is 0.0692. The fourth-order valence-electron chi connectivity index (χ4n) is 3.69. The molecule has 0 saturated carbocycles. The number of fused-ring (bicyclic) bond motifs is 1. The minimum absolute atomic E-state index is 0.0692. The second-order valence-electron chi connectivity index (χ2n) is 7.22. The number of rotatable bonds is 5. The average Bonchev–Trinajstić information content (AvgIpc) is 2.73. The standard InChI is InChI=1S/C22H24N4O2/c27-21(16-19-15-18-3-1-2-4-20(18)22(28)24-19)26-13-11-25(12-14-26)10-7-17-5-8-23-9-6-17/h1-6,8-9,15H,7,10-14,16H2,(H,24,28). The number of carbonyl (C=O) groups excluding carboxylic acids is 1. The van der Waals surface area contributed by atoms with E-state index in [0.717, 1.165) is 44.5 Å². The number of carbonyl (C=O) groups is 1. The molecule has 4 rings (SSSR count). The van der Waals surface area contributed by atoms with Gasteiger partial charge in [0.1, 0.15) is 0 Å². The maximum atomic E-state index is 12.7. The van der Waals surface area contributed by atoms with Crippen LogP contribution in [0.1, 0.15) is 11.3 Å². The van der Waals surface area contributed by atoms with Crippen molar-refractivity contribution in [1.29, 1.82) is 0 Å². The highest BCUT2D eigenvalue weighted by Crippen LogP contribution is 2.12. The molecular formula is C22H24N4O2. The predicted octanol–water partition coefficient (Wildman–Crippen LogP) is 1.85. The lowest BCUT2D eigenvalue weighted by Gasteiger charge is -2.34. The van der Waals surface area contributed by atoms with Gasteiger partial charge in [-0.25, -0.2) is 0 Å². The van der Waals surface area contributed by atoms with Crippen molar-refractivity contribution in [2.45, 2.75) is 12.8 Å². The Bertz CT molecular complexity index is 1010. The smallest absolute Gasteiger partial charge is 0.256 e. The molecule has 1 N–H and O–H groups in total. The van der Waals surface area contributed by atoms with Gasteiger partial charge in [-0.05, 0) is 41.6 Å². The Kier molecular flexibility index (Phi) is 5.48. The van der Waals surface area contributed by atoms with E-state index in [4.69, 9.17) is 0 Å². The number of aromatic amines is 1. The Morgan fingerprint density at radius 2 is 1.79 bits per heavy atom. The van der Waals surface area contributed by atoms with Gasteiger partial charge in [0.15, 0.2) is 0 Å². The van der Waals surface area contributed by atoms with Crippen molar-refractivity contribution in [3.8, 4) is 0 Å². The maximum Gasteiger partial charge on any atom is 0.256 e. The highest BCUT2D eigenvalue weighted by atomic mass is 16.2. The van der Waals surface area contributed by atoms with Crippen molar-refractivity contribution in [3.05, 3.63) is 76.5 Å². The fourth-order valence-corrected chi connectivity index (χ4v) is 3.69. The van der Waals surface area contributed by atoms with E-state index in [1.165, 1.54) is 5.56 Å². The fraction of sp³-hybridized carbons (Fsp3) is 0.318. The molecule has 3 heterocycles. The van der Waals surface area contributed by atoms with E-state index in [9.17, 15) is 9.59 Å². The molecule has 1 fully saturated rings. The van der Waals surface area contributed by atoms with Crippen molar-refractivity contribution in [1.82, 2.24) is 19.8 Å². The minimum atomic E-state index is -0.137. The van der Waals surface area contributed by atoms with E-state index in [-0.39, 0.29) is 17.9 Å². The van der Waals surface area contributed by atoms with Gasteiger partial charge >= 0.3 is 0 Å². The molecule has 0 atom stereocenters. The number of nitrogens with one attached hydrogen (secondary N) is 1. The Morgan fingerprint density at radius 1 is 1.04 bits per heavy atom. The second-order valence-corrected chi connectivity index (χ2v) is 7.22. The van der Waals surface area contributed by atoms with Crippen LogP contribution in [0.4, 0.5) is 0 Å². The molecule has 2 aromatic heterocycles. The molecule has 6 nitrogen and oxygen atoms in total. The van der Waals surface area contributed by atoms with Crippen LogP contribution in [0.5, 0.6) is 0 Å². The van der Waals surface area contributed by atoms with Crippen LogP contribution in [0.3, 0.4) is 0 Å². The molecule has 28 heavy (non-hydrogen) atoms. The zero-order valence-electron chi connectivity index (χ0n) is 15.8. The van der Waals surface area contributed by atoms with Gasteiger partial charge in [0.05, 0.1) is 6.42 Å². The monoisotopic (exact) mass is 376 g/mol. The van der Waals surface area contributed by atoms with Crippen molar-refractivity contribution in [3.63, 3.8) is 0 Å². The summed E-state index contributed by atoms with van der Waals surface area (Å²) in [4.78, 5) is 36.1. The van der Waals surface area contributed by atoms with Gasteiger partial charge in [-0.15, -0.1) is 0 Å².